The number of aliphatic hydroxyl groups is 4. The molecule has 132 valence electrons. The highest BCUT2D eigenvalue weighted by atomic mass is 16.3. The molecular formula is C18H36O4. The van der Waals surface area contributed by atoms with Crippen LogP contribution >= 0.6 is 0 Å². The van der Waals surface area contributed by atoms with Gasteiger partial charge in [0.2, 0.25) is 0 Å². The molecule has 0 atom stereocenters. The van der Waals surface area contributed by atoms with Crippen LogP contribution in [-0.4, -0.2) is 42.8 Å². The lowest BCUT2D eigenvalue weighted by Gasteiger charge is -2.31. The van der Waals surface area contributed by atoms with E-state index in [-0.39, 0.29) is 0 Å². The highest BCUT2D eigenvalue weighted by Gasteiger charge is 2.28. The van der Waals surface area contributed by atoms with Crippen LogP contribution in [0.1, 0.15) is 81.1 Å². The van der Waals surface area contributed by atoms with E-state index < -0.39 is 22.4 Å². The van der Waals surface area contributed by atoms with E-state index in [0.29, 0.717) is 25.7 Å². The molecule has 0 fully saturated rings. The third kappa shape index (κ3) is 12.2. The van der Waals surface area contributed by atoms with Crippen molar-refractivity contribution in [1.29, 1.82) is 0 Å². The molecule has 0 aliphatic rings. The monoisotopic (exact) mass is 316 g/mol. The van der Waals surface area contributed by atoms with Gasteiger partial charge >= 0.3 is 0 Å². The van der Waals surface area contributed by atoms with Gasteiger partial charge in [-0.3, -0.25) is 0 Å². The topological polar surface area (TPSA) is 80.9 Å². The summed E-state index contributed by atoms with van der Waals surface area (Å²) in [7, 11) is 0. The van der Waals surface area contributed by atoms with E-state index in [1.54, 1.807) is 55.4 Å². The van der Waals surface area contributed by atoms with Gasteiger partial charge in [0.15, 0.2) is 0 Å². The fraction of sp³-hybridized carbons (Fsp3) is 0.889. The van der Waals surface area contributed by atoms with E-state index in [4.69, 9.17) is 0 Å². The molecule has 0 aromatic rings. The van der Waals surface area contributed by atoms with Crippen molar-refractivity contribution in [3.63, 3.8) is 0 Å². The standard InChI is InChI=1S/C18H36O4/c1-15(2,19)9-13(10-16(3,4)20)14(11-17(5,6)21)12-18(7,8)22/h19-22H,9-12H2,1-8H3. The van der Waals surface area contributed by atoms with Gasteiger partial charge in [-0.05, 0) is 81.1 Å². The summed E-state index contributed by atoms with van der Waals surface area (Å²) in [5.74, 6) is 0. The Morgan fingerprint density at radius 3 is 0.682 bits per heavy atom. The van der Waals surface area contributed by atoms with Crippen LogP contribution < -0.4 is 0 Å². The molecule has 0 aromatic heterocycles. The third-order valence-electron chi connectivity index (χ3n) is 3.08. The minimum absolute atomic E-state index is 0.401. The first-order chi connectivity index (χ1) is 9.38. The Morgan fingerprint density at radius 1 is 0.455 bits per heavy atom. The van der Waals surface area contributed by atoms with Gasteiger partial charge in [0, 0.05) is 0 Å². The molecule has 0 bridgehead atoms. The van der Waals surface area contributed by atoms with E-state index in [0.717, 1.165) is 11.1 Å². The Labute approximate surface area is 135 Å². The minimum atomic E-state index is -0.912. The van der Waals surface area contributed by atoms with Crippen molar-refractivity contribution in [2.24, 2.45) is 0 Å². The van der Waals surface area contributed by atoms with E-state index in [1.165, 1.54) is 0 Å². The van der Waals surface area contributed by atoms with Crippen LogP contribution in [-0.2, 0) is 0 Å². The second-order valence-corrected chi connectivity index (χ2v) is 9.16. The van der Waals surface area contributed by atoms with Crippen LogP contribution in [0.3, 0.4) is 0 Å². The Hall–Kier alpha value is -0.420. The number of rotatable bonds is 8. The van der Waals surface area contributed by atoms with Crippen LogP contribution in [0.4, 0.5) is 0 Å². The number of hydrogen-bond donors (Lipinski definition) is 4. The Morgan fingerprint density at radius 2 is 0.591 bits per heavy atom. The largest absolute Gasteiger partial charge is 0.390 e. The summed E-state index contributed by atoms with van der Waals surface area (Å²) in [6.45, 7) is 13.8. The summed E-state index contributed by atoms with van der Waals surface area (Å²) in [4.78, 5) is 0. The van der Waals surface area contributed by atoms with Gasteiger partial charge in [0.25, 0.3) is 0 Å². The quantitative estimate of drug-likeness (QED) is 0.519. The Balaban J connectivity index is 5.81. The molecule has 4 N–H and O–H groups in total. The summed E-state index contributed by atoms with van der Waals surface area (Å²) in [6.07, 6.45) is 1.61. The number of hydrogen-bond acceptors (Lipinski definition) is 4. The van der Waals surface area contributed by atoms with Crippen molar-refractivity contribution in [2.45, 2.75) is 103 Å². The summed E-state index contributed by atoms with van der Waals surface area (Å²) in [6, 6.07) is 0. The van der Waals surface area contributed by atoms with E-state index in [1.807, 2.05) is 0 Å². The zero-order valence-electron chi connectivity index (χ0n) is 15.6. The maximum Gasteiger partial charge on any atom is 0.0628 e. The lowest BCUT2D eigenvalue weighted by molar-refractivity contribution is 0.0491. The van der Waals surface area contributed by atoms with E-state index in [2.05, 4.69) is 0 Å². The second kappa shape index (κ2) is 7.00. The summed E-state index contributed by atoms with van der Waals surface area (Å²) < 4.78 is 0. The normalized spacial score (nSPS) is 14.2. The summed E-state index contributed by atoms with van der Waals surface area (Å²) >= 11 is 0. The molecule has 0 aliphatic carbocycles. The highest BCUT2D eigenvalue weighted by molar-refractivity contribution is 5.21. The van der Waals surface area contributed by atoms with E-state index in [9.17, 15) is 20.4 Å². The van der Waals surface area contributed by atoms with Crippen molar-refractivity contribution in [2.75, 3.05) is 0 Å². The maximum atomic E-state index is 10.2. The lowest BCUT2D eigenvalue weighted by Crippen LogP contribution is -2.29. The zero-order chi connectivity index (χ0) is 18.0. The summed E-state index contributed by atoms with van der Waals surface area (Å²) in [5.41, 5.74) is -1.83. The fourth-order valence-electron chi connectivity index (χ4n) is 2.71. The minimum Gasteiger partial charge on any atom is -0.390 e. The Bertz CT molecular complexity index is 307. The van der Waals surface area contributed by atoms with Gasteiger partial charge in [0.05, 0.1) is 22.4 Å². The molecule has 4 heteroatoms. The smallest absolute Gasteiger partial charge is 0.0628 e. The highest BCUT2D eigenvalue weighted by Crippen LogP contribution is 2.34. The molecule has 0 amide bonds. The van der Waals surface area contributed by atoms with Crippen LogP contribution in [0.2, 0.25) is 0 Å². The predicted octanol–water partition coefficient (Wildman–Crippen LogP) is 2.93. The first kappa shape index (κ1) is 21.6. The molecule has 0 saturated heterocycles. The molecule has 0 radical (unpaired) electrons. The van der Waals surface area contributed by atoms with Gasteiger partial charge in [0.1, 0.15) is 0 Å². The maximum absolute atomic E-state index is 10.2. The SMILES string of the molecule is CC(C)(O)CC(CC(C)(C)O)=C(CC(C)(C)O)CC(C)(C)O. The van der Waals surface area contributed by atoms with Crippen LogP contribution in [0.5, 0.6) is 0 Å². The van der Waals surface area contributed by atoms with Gasteiger partial charge in [-0.15, -0.1) is 0 Å². The summed E-state index contributed by atoms with van der Waals surface area (Å²) in [5, 5.41) is 40.8. The van der Waals surface area contributed by atoms with Crippen LogP contribution in [0, 0.1) is 0 Å². The lowest BCUT2D eigenvalue weighted by atomic mass is 9.80. The fourth-order valence-corrected chi connectivity index (χ4v) is 2.71. The molecule has 0 heterocycles. The molecule has 0 aliphatic heterocycles. The average Bonchev–Trinajstić information content (AvgIpc) is 2.05. The van der Waals surface area contributed by atoms with Crippen molar-refractivity contribution < 1.29 is 20.4 Å². The Kier molecular flexibility index (Phi) is 6.86. The third-order valence-corrected chi connectivity index (χ3v) is 3.08. The van der Waals surface area contributed by atoms with Crippen molar-refractivity contribution >= 4 is 0 Å². The zero-order valence-corrected chi connectivity index (χ0v) is 15.6. The predicted molar refractivity (Wildman–Crippen MR) is 90.7 cm³/mol. The van der Waals surface area contributed by atoms with Gasteiger partial charge in [-0.1, -0.05) is 11.1 Å². The molecule has 4 nitrogen and oxygen atoms in total. The van der Waals surface area contributed by atoms with Crippen molar-refractivity contribution in [1.82, 2.24) is 0 Å². The first-order valence-corrected chi connectivity index (χ1v) is 7.97. The molecule has 0 aromatic carbocycles. The average molecular weight is 316 g/mol. The molecule has 0 saturated carbocycles. The van der Waals surface area contributed by atoms with Gasteiger partial charge in [-0.25, -0.2) is 0 Å². The van der Waals surface area contributed by atoms with Crippen LogP contribution in [0.15, 0.2) is 11.1 Å². The van der Waals surface area contributed by atoms with Crippen LogP contribution in [0.25, 0.3) is 0 Å². The second-order valence-electron chi connectivity index (χ2n) is 9.16. The molecule has 22 heavy (non-hydrogen) atoms. The molecular weight excluding hydrogens is 280 g/mol. The first-order valence-electron chi connectivity index (χ1n) is 7.97. The molecule has 0 unspecified atom stereocenters. The van der Waals surface area contributed by atoms with E-state index >= 15 is 0 Å². The van der Waals surface area contributed by atoms with Gasteiger partial charge < -0.3 is 20.4 Å². The molecule has 0 spiro atoms. The van der Waals surface area contributed by atoms with Crippen molar-refractivity contribution in [3.05, 3.63) is 11.1 Å². The van der Waals surface area contributed by atoms with Gasteiger partial charge in [-0.2, -0.15) is 0 Å². The van der Waals surface area contributed by atoms with Crippen molar-refractivity contribution in [3.8, 4) is 0 Å². The molecule has 0 rings (SSSR count).